The predicted octanol–water partition coefficient (Wildman–Crippen LogP) is 6.22. The number of aliphatic carboxylic acids is 1. The van der Waals surface area contributed by atoms with Gasteiger partial charge in [0.15, 0.2) is 0 Å². The van der Waals surface area contributed by atoms with Crippen LogP contribution < -0.4 is 0 Å². The molecule has 1 rings (SSSR count). The Kier molecular flexibility index (Phi) is 11.7. The van der Waals surface area contributed by atoms with Crippen molar-refractivity contribution in [3.05, 3.63) is 0 Å². The monoisotopic (exact) mass is 382 g/mol. The first kappa shape index (κ1) is 24.0. The lowest BCUT2D eigenvalue weighted by molar-refractivity contribution is -0.159. The van der Waals surface area contributed by atoms with Crippen LogP contribution in [0.25, 0.3) is 0 Å². The average Bonchev–Trinajstić information content (AvgIpc) is 2.61. The van der Waals surface area contributed by atoms with E-state index < -0.39 is 5.97 Å². The maximum atomic E-state index is 12.7. The number of hydrogen-bond acceptors (Lipinski definition) is 3. The maximum Gasteiger partial charge on any atom is 0.309 e. The maximum absolute atomic E-state index is 12.7. The van der Waals surface area contributed by atoms with Gasteiger partial charge in [-0.05, 0) is 50.4 Å². The molecule has 2 unspecified atom stereocenters. The molecule has 4 nitrogen and oxygen atoms in total. The van der Waals surface area contributed by atoms with Crippen LogP contribution in [0.2, 0.25) is 0 Å². The van der Waals surface area contributed by atoms with E-state index in [9.17, 15) is 9.59 Å². The Morgan fingerprint density at radius 1 is 0.926 bits per heavy atom. The summed E-state index contributed by atoms with van der Waals surface area (Å²) in [5.41, 5.74) is 0. The summed E-state index contributed by atoms with van der Waals surface area (Å²) in [5, 5.41) is 9.13. The molecule has 0 saturated heterocycles. The summed E-state index contributed by atoms with van der Waals surface area (Å²) in [5.74, 6) is -0.0698. The van der Waals surface area contributed by atoms with Crippen LogP contribution in [0.3, 0.4) is 0 Å². The van der Waals surface area contributed by atoms with Gasteiger partial charge in [-0.25, -0.2) is 0 Å². The Labute approximate surface area is 166 Å². The van der Waals surface area contributed by atoms with Gasteiger partial charge in [0.25, 0.3) is 0 Å². The largest absolute Gasteiger partial charge is 0.481 e. The molecule has 2 atom stereocenters. The average molecular weight is 383 g/mol. The third kappa shape index (κ3) is 9.62. The Morgan fingerprint density at radius 2 is 1.56 bits per heavy atom. The number of carbonyl (C=O) groups is 2. The lowest BCUT2D eigenvalue weighted by Crippen LogP contribution is -2.31. The van der Waals surface area contributed by atoms with E-state index in [1.807, 2.05) is 0 Å². The first-order valence-corrected chi connectivity index (χ1v) is 11.3. The van der Waals surface area contributed by atoms with Crippen LogP contribution in [-0.4, -0.2) is 23.1 Å². The van der Waals surface area contributed by atoms with E-state index in [1.54, 1.807) is 0 Å². The molecule has 1 aliphatic rings. The molecule has 0 aromatic heterocycles. The molecule has 0 aliphatic heterocycles. The fraction of sp³-hybridized carbons (Fsp3) is 0.913. The molecule has 0 spiro atoms. The highest BCUT2D eigenvalue weighted by Gasteiger charge is 2.32. The summed E-state index contributed by atoms with van der Waals surface area (Å²) in [6.45, 7) is 8.84. The van der Waals surface area contributed by atoms with Gasteiger partial charge in [-0.2, -0.15) is 0 Å². The molecule has 1 aliphatic carbocycles. The molecule has 0 aromatic rings. The molecule has 0 bridgehead atoms. The zero-order chi connectivity index (χ0) is 20.2. The number of carboxylic acid groups (broad SMARTS) is 1. The molecular weight excluding hydrogens is 340 g/mol. The van der Waals surface area contributed by atoms with Crippen molar-refractivity contribution in [2.24, 2.45) is 23.7 Å². The fourth-order valence-electron chi connectivity index (χ4n) is 4.40. The van der Waals surface area contributed by atoms with E-state index in [4.69, 9.17) is 9.84 Å². The van der Waals surface area contributed by atoms with Gasteiger partial charge < -0.3 is 9.84 Å². The molecule has 0 heterocycles. The second kappa shape index (κ2) is 13.2. The van der Waals surface area contributed by atoms with Crippen LogP contribution in [0.5, 0.6) is 0 Å². The zero-order valence-electron chi connectivity index (χ0n) is 18.0. The van der Waals surface area contributed by atoms with Gasteiger partial charge >= 0.3 is 11.9 Å². The van der Waals surface area contributed by atoms with Gasteiger partial charge in [-0.1, -0.05) is 66.2 Å². The van der Waals surface area contributed by atoms with Crippen LogP contribution in [0.15, 0.2) is 0 Å². The van der Waals surface area contributed by atoms with E-state index >= 15 is 0 Å². The third-order valence-electron chi connectivity index (χ3n) is 5.94. The number of carbonyl (C=O) groups excluding carboxylic acids is 1. The van der Waals surface area contributed by atoms with Crippen LogP contribution in [0.4, 0.5) is 0 Å². The van der Waals surface area contributed by atoms with Gasteiger partial charge in [0.2, 0.25) is 0 Å². The quantitative estimate of drug-likeness (QED) is 0.303. The number of ether oxygens (including phenoxy) is 1. The van der Waals surface area contributed by atoms with E-state index in [2.05, 4.69) is 27.7 Å². The lowest BCUT2D eigenvalue weighted by atomic mass is 9.82. The Hall–Kier alpha value is -1.06. The molecule has 0 radical (unpaired) electrons. The molecule has 4 heteroatoms. The highest BCUT2D eigenvalue weighted by atomic mass is 16.5. The van der Waals surface area contributed by atoms with Crippen molar-refractivity contribution < 1.29 is 19.4 Å². The van der Waals surface area contributed by atoms with E-state index in [-0.39, 0.29) is 23.9 Å². The predicted molar refractivity (Wildman–Crippen MR) is 110 cm³/mol. The van der Waals surface area contributed by atoms with Crippen molar-refractivity contribution in [2.75, 3.05) is 0 Å². The first-order chi connectivity index (χ1) is 12.9. The molecule has 1 saturated carbocycles. The van der Waals surface area contributed by atoms with Gasteiger partial charge in [0.1, 0.15) is 6.10 Å². The minimum Gasteiger partial charge on any atom is -0.481 e. The van der Waals surface area contributed by atoms with Gasteiger partial charge in [0, 0.05) is 0 Å². The zero-order valence-corrected chi connectivity index (χ0v) is 18.0. The SMILES string of the molecule is CCCCCC(CCC)CC(CC(C)C)OC(=O)C1CCC(C(=O)O)CC1. The molecular formula is C23H42O4. The standard InChI is InChI=1S/C23H42O4/c1-5-7-8-10-18(9-6-2)16-21(15-17(3)4)27-23(26)20-13-11-19(12-14-20)22(24)25/h17-21H,5-16H2,1-4H3,(H,24,25). The summed E-state index contributed by atoms with van der Waals surface area (Å²) in [4.78, 5) is 23.8. The molecule has 27 heavy (non-hydrogen) atoms. The van der Waals surface area contributed by atoms with Crippen LogP contribution in [0, 0.1) is 23.7 Å². The normalized spacial score (nSPS) is 22.4. The Balaban J connectivity index is 2.59. The third-order valence-corrected chi connectivity index (χ3v) is 5.94. The van der Waals surface area contributed by atoms with Crippen molar-refractivity contribution in [1.82, 2.24) is 0 Å². The van der Waals surface area contributed by atoms with Crippen molar-refractivity contribution in [3.63, 3.8) is 0 Å². The second-order valence-electron chi connectivity index (χ2n) is 8.96. The number of unbranched alkanes of at least 4 members (excludes halogenated alkanes) is 2. The smallest absolute Gasteiger partial charge is 0.309 e. The first-order valence-electron chi connectivity index (χ1n) is 11.3. The van der Waals surface area contributed by atoms with Crippen LogP contribution in [-0.2, 0) is 14.3 Å². The number of rotatable bonds is 13. The minimum absolute atomic E-state index is 0.00729. The minimum atomic E-state index is -0.728. The summed E-state index contributed by atoms with van der Waals surface area (Å²) >= 11 is 0. The van der Waals surface area contributed by atoms with Crippen molar-refractivity contribution in [3.8, 4) is 0 Å². The summed E-state index contributed by atoms with van der Waals surface area (Å²) in [6.07, 6.45) is 11.8. The number of esters is 1. The Bertz CT molecular complexity index is 424. The van der Waals surface area contributed by atoms with Gasteiger partial charge in [-0.15, -0.1) is 0 Å². The Morgan fingerprint density at radius 3 is 2.07 bits per heavy atom. The number of hydrogen-bond donors (Lipinski definition) is 1. The van der Waals surface area contributed by atoms with Crippen LogP contribution in [0.1, 0.15) is 105 Å². The summed E-state index contributed by atoms with van der Waals surface area (Å²) in [7, 11) is 0. The lowest BCUT2D eigenvalue weighted by Gasteiger charge is -2.29. The highest BCUT2D eigenvalue weighted by Crippen LogP contribution is 2.31. The van der Waals surface area contributed by atoms with Crippen molar-refractivity contribution in [1.29, 1.82) is 0 Å². The molecule has 158 valence electrons. The molecule has 1 fully saturated rings. The summed E-state index contributed by atoms with van der Waals surface area (Å²) < 4.78 is 5.99. The van der Waals surface area contributed by atoms with Gasteiger partial charge in [-0.3, -0.25) is 9.59 Å². The fourth-order valence-corrected chi connectivity index (χ4v) is 4.40. The van der Waals surface area contributed by atoms with Gasteiger partial charge in [0.05, 0.1) is 11.8 Å². The van der Waals surface area contributed by atoms with Crippen molar-refractivity contribution in [2.45, 2.75) is 111 Å². The highest BCUT2D eigenvalue weighted by molar-refractivity contribution is 5.74. The van der Waals surface area contributed by atoms with E-state index in [1.165, 1.54) is 38.5 Å². The van der Waals surface area contributed by atoms with Crippen molar-refractivity contribution >= 4 is 11.9 Å². The van der Waals surface area contributed by atoms with E-state index in [0.29, 0.717) is 37.5 Å². The van der Waals surface area contributed by atoms with Crippen LogP contribution >= 0.6 is 0 Å². The molecule has 0 amide bonds. The second-order valence-corrected chi connectivity index (χ2v) is 8.96. The molecule has 0 aromatic carbocycles. The van der Waals surface area contributed by atoms with E-state index in [0.717, 1.165) is 12.8 Å². The topological polar surface area (TPSA) is 63.6 Å². The summed E-state index contributed by atoms with van der Waals surface area (Å²) in [6, 6.07) is 0. The number of carboxylic acids is 1. The molecule has 1 N–H and O–H groups in total.